The number of nitrogens with one attached hydrogen (secondary N) is 1. The summed E-state index contributed by atoms with van der Waals surface area (Å²) >= 11 is 0. The Kier molecular flexibility index (Phi) is 7.76. The molecule has 188 valence electrons. The van der Waals surface area contributed by atoms with Gasteiger partial charge in [-0.25, -0.2) is 13.4 Å². The van der Waals surface area contributed by atoms with Gasteiger partial charge in [0.25, 0.3) is 0 Å². The normalized spacial score (nSPS) is 12.5. The summed E-state index contributed by atoms with van der Waals surface area (Å²) in [6.45, 7) is 3.11. The number of aromatic nitrogens is 2. The van der Waals surface area contributed by atoms with Crippen LogP contribution in [0.2, 0.25) is 0 Å². The lowest BCUT2D eigenvalue weighted by Gasteiger charge is -2.20. The van der Waals surface area contributed by atoms with Gasteiger partial charge in [-0.2, -0.15) is 4.31 Å². The minimum atomic E-state index is -3.73. The molecular formula is C28H32N4O3S. The van der Waals surface area contributed by atoms with Gasteiger partial charge in [0.15, 0.2) is 0 Å². The van der Waals surface area contributed by atoms with Crippen LogP contribution in [0.1, 0.15) is 24.0 Å². The van der Waals surface area contributed by atoms with E-state index < -0.39 is 10.0 Å². The van der Waals surface area contributed by atoms with Crippen LogP contribution in [0, 0.1) is 0 Å². The van der Waals surface area contributed by atoms with Crippen molar-refractivity contribution in [2.24, 2.45) is 7.05 Å². The van der Waals surface area contributed by atoms with E-state index in [9.17, 15) is 8.42 Å². The van der Waals surface area contributed by atoms with Crippen molar-refractivity contribution in [3.05, 3.63) is 96.4 Å². The molecule has 36 heavy (non-hydrogen) atoms. The van der Waals surface area contributed by atoms with Gasteiger partial charge in [0, 0.05) is 44.6 Å². The van der Waals surface area contributed by atoms with Crippen molar-refractivity contribution in [1.82, 2.24) is 13.9 Å². The summed E-state index contributed by atoms with van der Waals surface area (Å²) < 4.78 is 35.3. The Morgan fingerprint density at radius 1 is 1.06 bits per heavy atom. The maximum Gasteiger partial charge on any atom is 0.243 e. The maximum absolute atomic E-state index is 13.5. The van der Waals surface area contributed by atoms with Gasteiger partial charge < -0.3 is 14.6 Å². The molecule has 4 aromatic rings. The van der Waals surface area contributed by atoms with Gasteiger partial charge in [-0.1, -0.05) is 49.4 Å². The molecule has 1 atom stereocenters. The quantitative estimate of drug-likeness (QED) is 0.324. The van der Waals surface area contributed by atoms with Gasteiger partial charge in [0.05, 0.1) is 24.0 Å². The molecule has 0 radical (unpaired) electrons. The first-order valence-corrected chi connectivity index (χ1v) is 13.2. The van der Waals surface area contributed by atoms with Crippen LogP contribution in [0.25, 0.3) is 11.3 Å². The van der Waals surface area contributed by atoms with Crippen LogP contribution in [0.15, 0.2) is 90.2 Å². The number of methoxy groups -OCH3 is 1. The lowest BCUT2D eigenvalue weighted by atomic mass is 10.0. The average Bonchev–Trinajstić information content (AvgIpc) is 3.34. The number of anilines is 1. The van der Waals surface area contributed by atoms with Gasteiger partial charge in [-0.15, -0.1) is 0 Å². The zero-order valence-electron chi connectivity index (χ0n) is 21.0. The molecule has 1 heterocycles. The van der Waals surface area contributed by atoms with Crippen LogP contribution >= 0.6 is 0 Å². The third-order valence-corrected chi connectivity index (χ3v) is 8.01. The Bertz CT molecular complexity index is 1400. The Morgan fingerprint density at radius 2 is 1.78 bits per heavy atom. The van der Waals surface area contributed by atoms with Crippen molar-refractivity contribution in [3.63, 3.8) is 0 Å². The van der Waals surface area contributed by atoms with Crippen molar-refractivity contribution < 1.29 is 13.2 Å². The fraction of sp³-hybridized carbons (Fsp3) is 0.250. The highest BCUT2D eigenvalue weighted by Gasteiger charge is 2.23. The number of nitrogens with zero attached hydrogens (tertiary/aromatic N) is 3. The first-order chi connectivity index (χ1) is 17.3. The minimum absolute atomic E-state index is 0.223. The number of imidazole rings is 1. The molecule has 4 rings (SSSR count). The first kappa shape index (κ1) is 25.5. The number of sulfonamides is 1. The third kappa shape index (κ3) is 5.78. The Balaban J connectivity index is 1.60. The van der Waals surface area contributed by atoms with E-state index in [0.29, 0.717) is 12.2 Å². The Labute approximate surface area is 213 Å². The SMILES string of the molecule is COc1ccc(CN(C)S(=O)(=O)c2ccc(NC[C@@H](C)c3ccccc3)c(-c3cn(C)cn3)c2)cc1. The fourth-order valence-electron chi connectivity index (χ4n) is 4.02. The van der Waals surface area contributed by atoms with E-state index in [1.807, 2.05) is 66.3 Å². The second-order valence-corrected chi connectivity index (χ2v) is 11.0. The van der Waals surface area contributed by atoms with Gasteiger partial charge in [-0.05, 0) is 47.4 Å². The Hall–Kier alpha value is -3.62. The molecule has 0 saturated carbocycles. The fourth-order valence-corrected chi connectivity index (χ4v) is 5.20. The largest absolute Gasteiger partial charge is 0.497 e. The number of aryl methyl sites for hydroxylation is 1. The van der Waals surface area contributed by atoms with E-state index >= 15 is 0 Å². The lowest BCUT2D eigenvalue weighted by molar-refractivity contribution is 0.414. The predicted octanol–water partition coefficient (Wildman–Crippen LogP) is 5.13. The van der Waals surface area contributed by atoms with Crippen molar-refractivity contribution in [2.75, 3.05) is 26.0 Å². The van der Waals surface area contributed by atoms with Crippen molar-refractivity contribution in [2.45, 2.75) is 24.3 Å². The molecule has 1 aromatic heterocycles. The van der Waals surface area contributed by atoms with Gasteiger partial charge in [0.2, 0.25) is 10.0 Å². The lowest BCUT2D eigenvalue weighted by Crippen LogP contribution is -2.26. The van der Waals surface area contributed by atoms with E-state index in [-0.39, 0.29) is 17.4 Å². The molecule has 0 spiro atoms. The second kappa shape index (κ2) is 11.0. The standard InChI is InChI=1S/C28H32N4O3S/c1-21(23-8-6-5-7-9-23)17-29-27-15-14-25(16-26(27)28-19-31(2)20-30-28)36(33,34)32(3)18-22-10-12-24(35-4)13-11-22/h5-16,19-21,29H,17-18H2,1-4H3/t21-/m1/s1. The summed E-state index contributed by atoms with van der Waals surface area (Å²) in [6.07, 6.45) is 3.60. The van der Waals surface area contributed by atoms with E-state index in [0.717, 1.165) is 22.6 Å². The number of benzene rings is 3. The molecule has 0 aliphatic rings. The van der Waals surface area contributed by atoms with Crippen LogP contribution in [-0.2, 0) is 23.6 Å². The Morgan fingerprint density at radius 3 is 2.42 bits per heavy atom. The first-order valence-electron chi connectivity index (χ1n) is 11.8. The van der Waals surface area contributed by atoms with Crippen LogP contribution in [-0.4, -0.2) is 43.0 Å². The van der Waals surface area contributed by atoms with E-state index in [1.165, 1.54) is 9.87 Å². The molecule has 0 aliphatic carbocycles. The smallest absolute Gasteiger partial charge is 0.243 e. The van der Waals surface area contributed by atoms with Crippen molar-refractivity contribution >= 4 is 15.7 Å². The molecule has 7 nitrogen and oxygen atoms in total. The van der Waals surface area contributed by atoms with Crippen LogP contribution < -0.4 is 10.1 Å². The number of hydrogen-bond donors (Lipinski definition) is 1. The molecule has 0 amide bonds. The van der Waals surface area contributed by atoms with E-state index in [1.54, 1.807) is 32.6 Å². The molecule has 0 saturated heterocycles. The maximum atomic E-state index is 13.5. The highest BCUT2D eigenvalue weighted by Crippen LogP contribution is 2.31. The van der Waals surface area contributed by atoms with Crippen LogP contribution in [0.4, 0.5) is 5.69 Å². The molecule has 1 N–H and O–H groups in total. The zero-order valence-corrected chi connectivity index (χ0v) is 21.9. The van der Waals surface area contributed by atoms with E-state index in [4.69, 9.17) is 4.74 Å². The third-order valence-electron chi connectivity index (χ3n) is 6.21. The topological polar surface area (TPSA) is 76.5 Å². The number of hydrogen-bond acceptors (Lipinski definition) is 5. The molecule has 3 aromatic carbocycles. The van der Waals surface area contributed by atoms with Gasteiger partial charge in [-0.3, -0.25) is 0 Å². The molecule has 0 unspecified atom stereocenters. The van der Waals surface area contributed by atoms with Crippen LogP contribution in [0.3, 0.4) is 0 Å². The molecule has 0 aliphatic heterocycles. The van der Waals surface area contributed by atoms with Crippen LogP contribution in [0.5, 0.6) is 5.75 Å². The summed E-state index contributed by atoms with van der Waals surface area (Å²) in [6, 6.07) is 22.9. The molecule has 0 fully saturated rings. The van der Waals surface area contributed by atoms with Crippen molar-refractivity contribution in [1.29, 1.82) is 0 Å². The summed E-state index contributed by atoms with van der Waals surface area (Å²) in [7, 11) is 1.36. The molecular weight excluding hydrogens is 472 g/mol. The second-order valence-electron chi connectivity index (χ2n) is 8.93. The average molecular weight is 505 g/mol. The summed E-state index contributed by atoms with van der Waals surface area (Å²) in [5.74, 6) is 1.01. The highest BCUT2D eigenvalue weighted by molar-refractivity contribution is 7.89. The van der Waals surface area contributed by atoms with E-state index in [2.05, 4.69) is 29.4 Å². The summed E-state index contributed by atoms with van der Waals surface area (Å²) in [5.41, 5.74) is 4.41. The van der Waals surface area contributed by atoms with Crippen molar-refractivity contribution in [3.8, 4) is 17.0 Å². The number of rotatable bonds is 10. The minimum Gasteiger partial charge on any atom is -0.497 e. The van der Waals surface area contributed by atoms with Gasteiger partial charge in [0.1, 0.15) is 5.75 Å². The summed E-state index contributed by atoms with van der Waals surface area (Å²) in [5, 5.41) is 3.51. The molecule has 8 heteroatoms. The zero-order chi connectivity index (χ0) is 25.7. The highest BCUT2D eigenvalue weighted by atomic mass is 32.2. The predicted molar refractivity (Wildman–Crippen MR) is 144 cm³/mol. The summed E-state index contributed by atoms with van der Waals surface area (Å²) in [4.78, 5) is 4.71. The monoisotopic (exact) mass is 504 g/mol. The number of ether oxygens (including phenoxy) is 1. The van der Waals surface area contributed by atoms with Gasteiger partial charge >= 0.3 is 0 Å². The molecule has 0 bridgehead atoms.